The van der Waals surface area contributed by atoms with E-state index in [0.717, 1.165) is 17.7 Å². The third kappa shape index (κ3) is 5.32. The number of carbonyl (C=O) groups is 1. The molecule has 1 aromatic rings. The van der Waals surface area contributed by atoms with Crippen LogP contribution in [0.2, 0.25) is 0 Å². The van der Waals surface area contributed by atoms with Gasteiger partial charge >= 0.3 is 0 Å². The predicted octanol–water partition coefficient (Wildman–Crippen LogP) is 3.99. The Morgan fingerprint density at radius 1 is 1.42 bits per heavy atom. The number of hydrogen-bond donors (Lipinski definition) is 0. The van der Waals surface area contributed by atoms with Crippen LogP contribution in [-0.2, 0) is 9.63 Å². The van der Waals surface area contributed by atoms with Crippen LogP contribution in [0.4, 0.5) is 4.39 Å². The fraction of sp³-hybridized carbons (Fsp3) is 0.579. The summed E-state index contributed by atoms with van der Waals surface area (Å²) in [6.45, 7) is 9.47. The molecule has 0 saturated heterocycles. The van der Waals surface area contributed by atoms with Gasteiger partial charge in [0.1, 0.15) is 5.82 Å². The highest BCUT2D eigenvalue weighted by molar-refractivity contribution is 6.01. The molecule has 24 heavy (non-hydrogen) atoms. The number of carbonyl (C=O) groups excluding carboxylic acids is 1. The van der Waals surface area contributed by atoms with Gasteiger partial charge in [-0.15, -0.1) is 0 Å². The highest BCUT2D eigenvalue weighted by atomic mass is 19.1. The molecule has 0 bridgehead atoms. The first kappa shape index (κ1) is 18.4. The summed E-state index contributed by atoms with van der Waals surface area (Å²) in [5.41, 5.74) is 1.43. The second kappa shape index (κ2) is 7.77. The Bertz CT molecular complexity index is 608. The molecule has 1 atom stereocenters. The van der Waals surface area contributed by atoms with E-state index < -0.39 is 0 Å². The maximum absolute atomic E-state index is 13.3. The van der Waals surface area contributed by atoms with Crippen molar-refractivity contribution in [3.05, 3.63) is 35.6 Å². The standard InChI is InChI=1S/C19H27FN2O2/c1-5-9-22(18(23)12-19(2,3)4)13-16-11-17(21-24-16)14-7-6-8-15(20)10-14/h6-8,10,16H,5,9,11-13H2,1-4H3/t16-/m1/s1. The van der Waals surface area contributed by atoms with Crippen LogP contribution < -0.4 is 0 Å². The smallest absolute Gasteiger partial charge is 0.223 e. The van der Waals surface area contributed by atoms with Crippen LogP contribution in [0.1, 0.15) is 52.5 Å². The molecule has 1 amide bonds. The minimum atomic E-state index is -0.286. The lowest BCUT2D eigenvalue weighted by Gasteiger charge is -2.27. The fourth-order valence-corrected chi connectivity index (χ4v) is 2.76. The van der Waals surface area contributed by atoms with Crippen LogP contribution in [0.25, 0.3) is 0 Å². The lowest BCUT2D eigenvalue weighted by atomic mass is 9.91. The molecule has 1 aromatic carbocycles. The molecule has 132 valence electrons. The van der Waals surface area contributed by atoms with Gasteiger partial charge in [0, 0.05) is 24.9 Å². The first-order valence-corrected chi connectivity index (χ1v) is 8.55. The van der Waals surface area contributed by atoms with E-state index in [1.54, 1.807) is 6.07 Å². The first-order chi connectivity index (χ1) is 11.3. The number of rotatable bonds is 6. The van der Waals surface area contributed by atoms with Gasteiger partial charge in [-0.25, -0.2) is 4.39 Å². The van der Waals surface area contributed by atoms with E-state index in [1.165, 1.54) is 12.1 Å². The van der Waals surface area contributed by atoms with E-state index in [4.69, 9.17) is 4.84 Å². The van der Waals surface area contributed by atoms with Gasteiger partial charge in [0.25, 0.3) is 0 Å². The SMILES string of the molecule is CCCN(C[C@H]1CC(c2cccc(F)c2)=NO1)C(=O)CC(C)(C)C. The second-order valence-corrected chi connectivity index (χ2v) is 7.56. The Morgan fingerprint density at radius 3 is 2.79 bits per heavy atom. The van der Waals surface area contributed by atoms with Crippen molar-refractivity contribution in [1.29, 1.82) is 0 Å². The quantitative estimate of drug-likeness (QED) is 0.789. The lowest BCUT2D eigenvalue weighted by molar-refractivity contribution is -0.134. The van der Waals surface area contributed by atoms with Crippen molar-refractivity contribution >= 4 is 11.6 Å². The van der Waals surface area contributed by atoms with Gasteiger partial charge in [-0.05, 0) is 24.0 Å². The second-order valence-electron chi connectivity index (χ2n) is 7.56. The molecule has 1 heterocycles. The Labute approximate surface area is 143 Å². The summed E-state index contributed by atoms with van der Waals surface area (Å²) in [5, 5.41) is 4.09. The largest absolute Gasteiger partial charge is 0.390 e. The van der Waals surface area contributed by atoms with Gasteiger partial charge in [0.05, 0.1) is 12.3 Å². The van der Waals surface area contributed by atoms with Crippen LogP contribution in [0.15, 0.2) is 29.4 Å². The molecule has 0 aromatic heterocycles. The van der Waals surface area contributed by atoms with Gasteiger partial charge in [0.15, 0.2) is 6.10 Å². The zero-order chi connectivity index (χ0) is 17.7. The van der Waals surface area contributed by atoms with E-state index in [9.17, 15) is 9.18 Å². The summed E-state index contributed by atoms with van der Waals surface area (Å²) >= 11 is 0. The van der Waals surface area contributed by atoms with Crippen molar-refractivity contribution in [3.8, 4) is 0 Å². The average Bonchev–Trinajstić information content (AvgIpc) is 2.93. The third-order valence-electron chi connectivity index (χ3n) is 3.84. The summed E-state index contributed by atoms with van der Waals surface area (Å²) in [4.78, 5) is 19.9. The molecular weight excluding hydrogens is 307 g/mol. The molecule has 0 fully saturated rings. The van der Waals surface area contributed by atoms with Crippen molar-refractivity contribution in [2.45, 2.75) is 53.1 Å². The molecule has 2 rings (SSSR count). The predicted molar refractivity (Wildman–Crippen MR) is 93.4 cm³/mol. The molecule has 5 heteroatoms. The van der Waals surface area contributed by atoms with Crippen molar-refractivity contribution < 1.29 is 14.0 Å². The van der Waals surface area contributed by atoms with Crippen LogP contribution in [0.3, 0.4) is 0 Å². The maximum atomic E-state index is 13.3. The summed E-state index contributed by atoms with van der Waals surface area (Å²) in [6, 6.07) is 6.35. The van der Waals surface area contributed by atoms with E-state index in [1.807, 2.05) is 11.0 Å². The summed E-state index contributed by atoms with van der Waals surface area (Å²) in [6.07, 6.45) is 1.84. The molecule has 1 aliphatic heterocycles. The van der Waals surface area contributed by atoms with Crippen LogP contribution in [-0.4, -0.2) is 35.7 Å². The minimum Gasteiger partial charge on any atom is -0.390 e. The molecule has 0 aliphatic carbocycles. The number of oxime groups is 1. The van der Waals surface area contributed by atoms with E-state index in [-0.39, 0.29) is 23.2 Å². The number of nitrogens with zero attached hydrogens (tertiary/aromatic N) is 2. The Balaban J connectivity index is 1.96. The normalized spacial score (nSPS) is 17.4. The van der Waals surface area contributed by atoms with Gasteiger partial charge in [-0.2, -0.15) is 0 Å². The van der Waals surface area contributed by atoms with Crippen molar-refractivity contribution in [2.24, 2.45) is 10.6 Å². The van der Waals surface area contributed by atoms with Gasteiger partial charge in [0.2, 0.25) is 5.91 Å². The van der Waals surface area contributed by atoms with Crippen molar-refractivity contribution in [2.75, 3.05) is 13.1 Å². The summed E-state index contributed by atoms with van der Waals surface area (Å²) in [7, 11) is 0. The van der Waals surface area contributed by atoms with Crippen molar-refractivity contribution in [1.82, 2.24) is 4.90 Å². The first-order valence-electron chi connectivity index (χ1n) is 8.55. The zero-order valence-corrected chi connectivity index (χ0v) is 15.0. The monoisotopic (exact) mass is 334 g/mol. The molecule has 0 radical (unpaired) electrons. The third-order valence-corrected chi connectivity index (χ3v) is 3.84. The Kier molecular flexibility index (Phi) is 5.97. The number of halogens is 1. The molecule has 0 saturated carbocycles. The summed E-state index contributed by atoms with van der Waals surface area (Å²) < 4.78 is 13.3. The average molecular weight is 334 g/mol. The fourth-order valence-electron chi connectivity index (χ4n) is 2.76. The van der Waals surface area contributed by atoms with E-state index in [2.05, 4.69) is 32.9 Å². The van der Waals surface area contributed by atoms with Crippen LogP contribution in [0, 0.1) is 11.2 Å². The highest BCUT2D eigenvalue weighted by Gasteiger charge is 2.28. The Hall–Kier alpha value is -1.91. The van der Waals surface area contributed by atoms with Crippen LogP contribution >= 0.6 is 0 Å². The lowest BCUT2D eigenvalue weighted by Crippen LogP contribution is -2.39. The maximum Gasteiger partial charge on any atom is 0.223 e. The molecule has 4 nitrogen and oxygen atoms in total. The zero-order valence-electron chi connectivity index (χ0n) is 15.0. The van der Waals surface area contributed by atoms with Gasteiger partial charge in [-0.3, -0.25) is 4.79 Å². The van der Waals surface area contributed by atoms with Crippen LogP contribution in [0.5, 0.6) is 0 Å². The summed E-state index contributed by atoms with van der Waals surface area (Å²) in [5.74, 6) is -0.140. The molecule has 1 aliphatic rings. The molecular formula is C19H27FN2O2. The van der Waals surface area contributed by atoms with Crippen molar-refractivity contribution in [3.63, 3.8) is 0 Å². The van der Waals surface area contributed by atoms with Gasteiger partial charge < -0.3 is 9.74 Å². The molecule has 0 N–H and O–H groups in total. The van der Waals surface area contributed by atoms with E-state index >= 15 is 0 Å². The molecule has 0 unspecified atom stereocenters. The minimum absolute atomic E-state index is 0.0389. The highest BCUT2D eigenvalue weighted by Crippen LogP contribution is 2.22. The molecule has 0 spiro atoms. The number of benzene rings is 1. The topological polar surface area (TPSA) is 41.9 Å². The van der Waals surface area contributed by atoms with Gasteiger partial charge in [-0.1, -0.05) is 45.0 Å². The number of hydrogen-bond acceptors (Lipinski definition) is 3. The number of amides is 1. The Morgan fingerprint density at radius 2 is 2.17 bits per heavy atom. The van der Waals surface area contributed by atoms with E-state index in [0.29, 0.717) is 25.9 Å².